The van der Waals surface area contributed by atoms with Gasteiger partial charge in [0.15, 0.2) is 5.82 Å². The molecule has 0 radical (unpaired) electrons. The Morgan fingerprint density at radius 1 is 1.35 bits per heavy atom. The summed E-state index contributed by atoms with van der Waals surface area (Å²) in [4.78, 5) is 25.1. The Morgan fingerprint density at radius 2 is 2.06 bits per heavy atom. The molecule has 0 spiro atoms. The van der Waals surface area contributed by atoms with Crippen LogP contribution in [0.15, 0.2) is 27.6 Å². The summed E-state index contributed by atoms with van der Waals surface area (Å²) in [5.41, 5.74) is 0.00140. The highest BCUT2D eigenvalue weighted by Gasteiger charge is 2.40. The maximum absolute atomic E-state index is 15.5. The molecule has 1 unspecified atom stereocenters. The number of halogens is 2. The second-order valence-electron chi connectivity index (χ2n) is 9.01. The molecule has 5 nitrogen and oxygen atoms in total. The smallest absolute Gasteiger partial charge is 0.343 e. The molecule has 1 atom stereocenters. The lowest BCUT2D eigenvalue weighted by molar-refractivity contribution is 0.0521. The van der Waals surface area contributed by atoms with Crippen LogP contribution in [0.4, 0.5) is 4.39 Å². The van der Waals surface area contributed by atoms with Gasteiger partial charge >= 0.3 is 5.97 Å². The van der Waals surface area contributed by atoms with E-state index < -0.39 is 22.8 Å². The fourth-order valence-corrected chi connectivity index (χ4v) is 4.56. The number of ether oxygens (including phenoxy) is 2. The Labute approximate surface area is 189 Å². The van der Waals surface area contributed by atoms with Crippen LogP contribution in [0.25, 0.3) is 11.3 Å². The number of pyridine rings is 1. The fourth-order valence-electron chi connectivity index (χ4n) is 4.11. The van der Waals surface area contributed by atoms with Crippen LogP contribution in [0.2, 0.25) is 0 Å². The quantitative estimate of drug-likeness (QED) is 0.513. The molecule has 1 saturated carbocycles. The molecule has 31 heavy (non-hydrogen) atoms. The summed E-state index contributed by atoms with van der Waals surface area (Å²) in [6, 6.07) is 3.77. The van der Waals surface area contributed by atoms with Crippen molar-refractivity contribution in [3.8, 4) is 17.0 Å². The first-order valence-corrected chi connectivity index (χ1v) is 11.5. The molecular weight excluding hydrogens is 465 g/mol. The first-order valence-electron chi connectivity index (χ1n) is 10.8. The zero-order chi connectivity index (χ0) is 22.5. The van der Waals surface area contributed by atoms with E-state index in [0.29, 0.717) is 29.0 Å². The van der Waals surface area contributed by atoms with Gasteiger partial charge in [0.1, 0.15) is 11.3 Å². The Balaban J connectivity index is 1.91. The van der Waals surface area contributed by atoms with Gasteiger partial charge in [-0.25, -0.2) is 9.18 Å². The number of rotatable bonds is 6. The minimum absolute atomic E-state index is 0.107. The first-order chi connectivity index (χ1) is 14.7. The minimum atomic E-state index is -0.936. The van der Waals surface area contributed by atoms with Gasteiger partial charge in [0.25, 0.3) is 0 Å². The van der Waals surface area contributed by atoms with Crippen LogP contribution in [0.5, 0.6) is 5.75 Å². The summed E-state index contributed by atoms with van der Waals surface area (Å²) < 4.78 is 29.0. The third kappa shape index (κ3) is 3.81. The van der Waals surface area contributed by atoms with Crippen molar-refractivity contribution in [1.82, 2.24) is 4.57 Å². The number of hydrogen-bond acceptors (Lipinski definition) is 4. The normalized spacial score (nSPS) is 19.7. The number of carbonyl (C=O) groups excluding carboxylic acids is 1. The minimum Gasteiger partial charge on any atom is -0.492 e. The van der Waals surface area contributed by atoms with Crippen LogP contribution in [-0.4, -0.2) is 23.8 Å². The second-order valence-corrected chi connectivity index (χ2v) is 9.86. The molecule has 4 rings (SSSR count). The topological polar surface area (TPSA) is 57.5 Å². The third-order valence-electron chi connectivity index (χ3n) is 6.57. The van der Waals surface area contributed by atoms with Crippen LogP contribution in [0, 0.1) is 17.7 Å². The van der Waals surface area contributed by atoms with Gasteiger partial charge in [-0.2, -0.15) is 0 Å². The van der Waals surface area contributed by atoms with Crippen LogP contribution in [0.1, 0.15) is 56.5 Å². The van der Waals surface area contributed by atoms with E-state index in [4.69, 9.17) is 9.47 Å². The molecule has 7 heteroatoms. The summed E-state index contributed by atoms with van der Waals surface area (Å²) in [5.74, 6) is -0.283. The van der Waals surface area contributed by atoms with Gasteiger partial charge in [-0.15, -0.1) is 0 Å². The standard InChI is InChI=1S/C24H27BrFNO4/c1-5-30-23(29)17-11-27-21(20(26)22(17)28)16-9-18(25)19(31-12-14-6-7-14)8-15(16)10-24(27,4)13(2)3/h8-9,11,13-14H,5-7,10,12H2,1-4H3. The Bertz CT molecular complexity index is 1110. The molecule has 166 valence electrons. The molecular formula is C24H27BrFNO4. The monoisotopic (exact) mass is 491 g/mol. The average Bonchev–Trinajstić information content (AvgIpc) is 3.54. The van der Waals surface area contributed by atoms with E-state index in [-0.39, 0.29) is 23.8 Å². The van der Waals surface area contributed by atoms with Crippen LogP contribution in [-0.2, 0) is 16.7 Å². The van der Waals surface area contributed by atoms with Gasteiger partial charge in [0, 0.05) is 17.3 Å². The number of nitrogens with zero attached hydrogens (tertiary/aromatic N) is 1. The molecule has 1 aliphatic heterocycles. The predicted octanol–water partition coefficient (Wildman–Crippen LogP) is 5.31. The Morgan fingerprint density at radius 3 is 2.68 bits per heavy atom. The summed E-state index contributed by atoms with van der Waals surface area (Å²) >= 11 is 3.55. The highest BCUT2D eigenvalue weighted by Crippen LogP contribution is 2.45. The molecule has 2 heterocycles. The van der Waals surface area contributed by atoms with E-state index in [1.54, 1.807) is 11.5 Å². The number of aromatic nitrogens is 1. The molecule has 0 saturated heterocycles. The van der Waals surface area contributed by atoms with Crippen molar-refractivity contribution in [2.45, 2.75) is 52.5 Å². The van der Waals surface area contributed by atoms with Crippen molar-refractivity contribution in [1.29, 1.82) is 0 Å². The molecule has 0 bridgehead atoms. The average molecular weight is 492 g/mol. The first kappa shape index (κ1) is 22.1. The highest BCUT2D eigenvalue weighted by atomic mass is 79.9. The Kier molecular flexibility index (Phi) is 5.75. The van der Waals surface area contributed by atoms with Crippen LogP contribution < -0.4 is 10.2 Å². The molecule has 1 aliphatic carbocycles. The summed E-state index contributed by atoms with van der Waals surface area (Å²) in [7, 11) is 0. The van der Waals surface area contributed by atoms with Crippen molar-refractivity contribution in [2.75, 3.05) is 13.2 Å². The number of fused-ring (bicyclic) bond motifs is 3. The second kappa shape index (κ2) is 8.08. The molecule has 2 aliphatic rings. The SMILES string of the molecule is CCOC(=O)c1cn2c(c(F)c1=O)-c1cc(Br)c(OCC3CC3)cc1CC2(C)C(C)C. The zero-order valence-electron chi connectivity index (χ0n) is 18.3. The maximum Gasteiger partial charge on any atom is 0.343 e. The maximum atomic E-state index is 15.5. The number of esters is 1. The lowest BCUT2D eigenvalue weighted by atomic mass is 9.77. The molecule has 2 aromatic rings. The number of benzene rings is 1. The lowest BCUT2D eigenvalue weighted by Crippen LogP contribution is -2.43. The van der Waals surface area contributed by atoms with Crippen LogP contribution >= 0.6 is 15.9 Å². The van der Waals surface area contributed by atoms with Crippen molar-refractivity contribution >= 4 is 21.9 Å². The lowest BCUT2D eigenvalue weighted by Gasteiger charge is -2.43. The van der Waals surface area contributed by atoms with E-state index >= 15 is 4.39 Å². The molecule has 1 aromatic carbocycles. The summed E-state index contributed by atoms with van der Waals surface area (Å²) in [6.07, 6.45) is 4.47. The van der Waals surface area contributed by atoms with E-state index in [9.17, 15) is 9.59 Å². The number of hydrogen-bond donors (Lipinski definition) is 0. The number of carbonyl (C=O) groups is 1. The molecule has 1 aromatic heterocycles. The molecule has 1 fully saturated rings. The van der Waals surface area contributed by atoms with E-state index in [1.165, 1.54) is 19.0 Å². The highest BCUT2D eigenvalue weighted by molar-refractivity contribution is 9.10. The van der Waals surface area contributed by atoms with Gasteiger partial charge in [-0.1, -0.05) is 13.8 Å². The summed E-state index contributed by atoms with van der Waals surface area (Å²) in [5, 5.41) is 0. The summed E-state index contributed by atoms with van der Waals surface area (Å²) in [6.45, 7) is 8.57. The van der Waals surface area contributed by atoms with E-state index in [1.807, 2.05) is 19.1 Å². The van der Waals surface area contributed by atoms with E-state index in [0.717, 1.165) is 11.3 Å². The van der Waals surface area contributed by atoms with Crippen LogP contribution in [0.3, 0.4) is 0 Å². The Hall–Kier alpha value is -2.15. The van der Waals surface area contributed by atoms with Crippen molar-refractivity contribution in [3.05, 3.63) is 50.0 Å². The van der Waals surface area contributed by atoms with Crippen molar-refractivity contribution in [3.63, 3.8) is 0 Å². The van der Waals surface area contributed by atoms with Crippen molar-refractivity contribution < 1.29 is 18.7 Å². The van der Waals surface area contributed by atoms with Gasteiger partial charge < -0.3 is 14.0 Å². The largest absolute Gasteiger partial charge is 0.492 e. The third-order valence-corrected chi connectivity index (χ3v) is 7.19. The fraction of sp³-hybridized carbons (Fsp3) is 0.500. The van der Waals surface area contributed by atoms with Gasteiger partial charge in [-0.05, 0) is 78.6 Å². The van der Waals surface area contributed by atoms with Crippen molar-refractivity contribution in [2.24, 2.45) is 11.8 Å². The molecule has 0 N–H and O–H groups in total. The molecule has 0 amide bonds. The zero-order valence-corrected chi connectivity index (χ0v) is 19.8. The van der Waals surface area contributed by atoms with Gasteiger partial charge in [0.2, 0.25) is 5.43 Å². The van der Waals surface area contributed by atoms with Gasteiger partial charge in [-0.3, -0.25) is 4.79 Å². The predicted molar refractivity (Wildman–Crippen MR) is 120 cm³/mol. The van der Waals surface area contributed by atoms with Gasteiger partial charge in [0.05, 0.1) is 23.4 Å². The van der Waals surface area contributed by atoms with E-state index in [2.05, 4.69) is 29.8 Å².